The fourth-order valence-electron chi connectivity index (χ4n) is 2.36. The third-order valence-corrected chi connectivity index (χ3v) is 3.74. The quantitative estimate of drug-likeness (QED) is 0.920. The molecule has 1 N–H and O–H groups in total. The maximum absolute atomic E-state index is 12.0. The highest BCUT2D eigenvalue weighted by molar-refractivity contribution is 5.69. The molecule has 2 aliphatic rings. The zero-order valence-electron chi connectivity index (χ0n) is 12.2. The number of aromatic nitrogens is 2. The maximum Gasteiger partial charge on any atom is 0.408 e. The fourth-order valence-corrected chi connectivity index (χ4v) is 2.36. The summed E-state index contributed by atoms with van der Waals surface area (Å²) in [5.74, 6) is 1.73. The van der Waals surface area contributed by atoms with E-state index >= 15 is 0 Å². The molecule has 6 nitrogen and oxygen atoms in total. The van der Waals surface area contributed by atoms with Crippen molar-refractivity contribution >= 4 is 6.09 Å². The van der Waals surface area contributed by atoms with Gasteiger partial charge < -0.3 is 14.6 Å². The lowest BCUT2D eigenvalue weighted by atomic mass is 9.76. The number of amides is 1. The van der Waals surface area contributed by atoms with E-state index < -0.39 is 17.2 Å². The van der Waals surface area contributed by atoms with E-state index in [1.807, 2.05) is 20.8 Å². The lowest BCUT2D eigenvalue weighted by molar-refractivity contribution is 0.0362. The summed E-state index contributed by atoms with van der Waals surface area (Å²) in [7, 11) is 0. The summed E-state index contributed by atoms with van der Waals surface area (Å²) in [5.41, 5.74) is -1.01. The molecule has 0 aliphatic heterocycles. The van der Waals surface area contributed by atoms with Gasteiger partial charge in [0.05, 0.1) is 0 Å². The monoisotopic (exact) mass is 279 g/mol. The number of carbonyl (C=O) groups is 1. The Balaban J connectivity index is 1.71. The second-order valence-electron chi connectivity index (χ2n) is 6.79. The average Bonchev–Trinajstić information content (AvgIpc) is 3.00. The molecule has 0 spiro atoms. The summed E-state index contributed by atoms with van der Waals surface area (Å²) in [6.45, 7) is 5.54. The van der Waals surface area contributed by atoms with E-state index in [-0.39, 0.29) is 0 Å². The number of hydrogen-bond acceptors (Lipinski definition) is 5. The van der Waals surface area contributed by atoms with Gasteiger partial charge in [-0.05, 0) is 52.9 Å². The number of ether oxygens (including phenoxy) is 1. The van der Waals surface area contributed by atoms with Crippen LogP contribution in [0.2, 0.25) is 0 Å². The topological polar surface area (TPSA) is 77.2 Å². The smallest absolute Gasteiger partial charge is 0.408 e. The van der Waals surface area contributed by atoms with Gasteiger partial charge in [0.2, 0.25) is 5.89 Å². The van der Waals surface area contributed by atoms with Crippen LogP contribution in [0.25, 0.3) is 0 Å². The minimum atomic E-state index is -0.508. The molecule has 0 unspecified atom stereocenters. The molecular weight excluding hydrogens is 258 g/mol. The molecule has 2 fully saturated rings. The predicted octanol–water partition coefficient (Wildman–Crippen LogP) is 2.85. The van der Waals surface area contributed by atoms with Crippen LogP contribution in [0.1, 0.15) is 70.5 Å². The van der Waals surface area contributed by atoms with Crippen LogP contribution in [0.3, 0.4) is 0 Å². The van der Waals surface area contributed by atoms with Crippen LogP contribution in [0.5, 0.6) is 0 Å². The molecular formula is C14H21N3O3. The fraction of sp³-hybridized carbons (Fsp3) is 0.786. The molecule has 1 aromatic rings. The van der Waals surface area contributed by atoms with Gasteiger partial charge >= 0.3 is 6.09 Å². The number of alkyl carbamates (subject to hydrolysis) is 1. The van der Waals surface area contributed by atoms with Crippen LogP contribution < -0.4 is 5.32 Å². The zero-order valence-corrected chi connectivity index (χ0v) is 12.2. The molecule has 110 valence electrons. The van der Waals surface area contributed by atoms with Crippen LogP contribution in [-0.2, 0) is 10.3 Å². The van der Waals surface area contributed by atoms with Crippen LogP contribution in [0, 0.1) is 0 Å². The first-order chi connectivity index (χ1) is 9.38. The van der Waals surface area contributed by atoms with Crippen molar-refractivity contribution in [2.24, 2.45) is 0 Å². The summed E-state index contributed by atoms with van der Waals surface area (Å²) in [5, 5.41) is 6.99. The minimum absolute atomic E-state index is 0.421. The Kier molecular flexibility index (Phi) is 2.99. The molecule has 2 aliphatic carbocycles. The minimum Gasteiger partial charge on any atom is -0.444 e. The molecule has 2 saturated carbocycles. The molecule has 6 heteroatoms. The highest BCUT2D eigenvalue weighted by atomic mass is 16.6. The highest BCUT2D eigenvalue weighted by Gasteiger charge is 2.46. The Morgan fingerprint density at radius 1 is 1.40 bits per heavy atom. The van der Waals surface area contributed by atoms with Crippen LogP contribution in [0.4, 0.5) is 4.79 Å². The molecule has 1 heterocycles. The van der Waals surface area contributed by atoms with E-state index in [2.05, 4.69) is 15.5 Å². The third kappa shape index (κ3) is 2.64. The van der Waals surface area contributed by atoms with Gasteiger partial charge in [0.1, 0.15) is 11.1 Å². The summed E-state index contributed by atoms with van der Waals surface area (Å²) in [6, 6.07) is 0. The second kappa shape index (κ2) is 4.46. The Morgan fingerprint density at radius 2 is 2.10 bits per heavy atom. The Hall–Kier alpha value is -1.59. The molecule has 3 rings (SSSR count). The van der Waals surface area contributed by atoms with Crippen LogP contribution >= 0.6 is 0 Å². The number of nitrogens with one attached hydrogen (secondary N) is 1. The highest BCUT2D eigenvalue weighted by Crippen LogP contribution is 2.43. The van der Waals surface area contributed by atoms with Gasteiger partial charge in [-0.25, -0.2) is 4.79 Å². The van der Waals surface area contributed by atoms with Gasteiger partial charge in [-0.3, -0.25) is 0 Å². The van der Waals surface area contributed by atoms with Gasteiger partial charge in [-0.15, -0.1) is 0 Å². The number of rotatable bonds is 3. The van der Waals surface area contributed by atoms with E-state index in [0.717, 1.165) is 32.1 Å². The van der Waals surface area contributed by atoms with E-state index in [1.165, 1.54) is 0 Å². The molecule has 0 atom stereocenters. The van der Waals surface area contributed by atoms with Crippen molar-refractivity contribution in [1.29, 1.82) is 0 Å². The third-order valence-electron chi connectivity index (χ3n) is 3.74. The largest absolute Gasteiger partial charge is 0.444 e. The molecule has 1 aromatic heterocycles. The molecule has 0 saturated heterocycles. The lowest BCUT2D eigenvalue weighted by Crippen LogP contribution is -2.52. The van der Waals surface area contributed by atoms with Gasteiger partial charge in [-0.1, -0.05) is 5.16 Å². The van der Waals surface area contributed by atoms with E-state index in [1.54, 1.807) is 0 Å². The lowest BCUT2D eigenvalue weighted by Gasteiger charge is -2.39. The maximum atomic E-state index is 12.0. The van der Waals surface area contributed by atoms with Gasteiger partial charge in [0.15, 0.2) is 5.82 Å². The molecule has 0 aromatic carbocycles. The molecule has 20 heavy (non-hydrogen) atoms. The van der Waals surface area contributed by atoms with Crippen molar-refractivity contribution in [2.75, 3.05) is 0 Å². The van der Waals surface area contributed by atoms with Crippen molar-refractivity contribution < 1.29 is 14.1 Å². The summed E-state index contributed by atoms with van der Waals surface area (Å²) in [6.07, 6.45) is 4.52. The second-order valence-corrected chi connectivity index (χ2v) is 6.79. The number of hydrogen-bond donors (Lipinski definition) is 1. The standard InChI is InChI=1S/C14H21N3O3/c1-13(2,3)19-12(18)16-14(7-4-8-14)11-15-10(20-17-11)9-5-6-9/h9H,4-8H2,1-3H3,(H,16,18). The van der Waals surface area contributed by atoms with E-state index in [9.17, 15) is 4.79 Å². The van der Waals surface area contributed by atoms with Crippen molar-refractivity contribution in [1.82, 2.24) is 15.5 Å². The first kappa shape index (κ1) is 13.4. The van der Waals surface area contributed by atoms with Crippen molar-refractivity contribution in [3.63, 3.8) is 0 Å². The van der Waals surface area contributed by atoms with Crippen molar-refractivity contribution in [3.8, 4) is 0 Å². The first-order valence-electron chi connectivity index (χ1n) is 7.23. The number of carbonyl (C=O) groups excluding carboxylic acids is 1. The SMILES string of the molecule is CC(C)(C)OC(=O)NC1(c2noc(C3CC3)n2)CCC1. The van der Waals surface area contributed by atoms with Gasteiger partial charge in [0.25, 0.3) is 0 Å². The van der Waals surface area contributed by atoms with E-state index in [0.29, 0.717) is 17.6 Å². The molecule has 0 bridgehead atoms. The predicted molar refractivity (Wildman–Crippen MR) is 71.2 cm³/mol. The Morgan fingerprint density at radius 3 is 2.60 bits per heavy atom. The number of nitrogens with zero attached hydrogens (tertiary/aromatic N) is 2. The van der Waals surface area contributed by atoms with Crippen molar-refractivity contribution in [3.05, 3.63) is 11.7 Å². The summed E-state index contributed by atoms with van der Waals surface area (Å²) >= 11 is 0. The summed E-state index contributed by atoms with van der Waals surface area (Å²) < 4.78 is 10.6. The van der Waals surface area contributed by atoms with Gasteiger partial charge in [-0.2, -0.15) is 4.98 Å². The van der Waals surface area contributed by atoms with Crippen molar-refractivity contribution in [2.45, 2.75) is 69.9 Å². The normalized spacial score (nSPS) is 21.1. The van der Waals surface area contributed by atoms with Gasteiger partial charge in [0, 0.05) is 5.92 Å². The molecule has 0 radical (unpaired) electrons. The van der Waals surface area contributed by atoms with Crippen LogP contribution in [-0.4, -0.2) is 21.8 Å². The molecule has 1 amide bonds. The van der Waals surface area contributed by atoms with E-state index in [4.69, 9.17) is 9.26 Å². The zero-order chi connectivity index (χ0) is 14.4. The Labute approximate surface area is 118 Å². The first-order valence-corrected chi connectivity index (χ1v) is 7.23. The summed E-state index contributed by atoms with van der Waals surface area (Å²) in [4.78, 5) is 16.4. The Bertz CT molecular complexity index is 510. The average molecular weight is 279 g/mol. The van der Waals surface area contributed by atoms with Crippen LogP contribution in [0.15, 0.2) is 4.52 Å².